The molecule has 0 unspecified atom stereocenters. The van der Waals surface area contributed by atoms with Crippen molar-refractivity contribution in [3.05, 3.63) is 28.8 Å². The van der Waals surface area contributed by atoms with Gasteiger partial charge in [0.2, 0.25) is 5.91 Å². The second-order valence-electron chi connectivity index (χ2n) is 6.89. The Morgan fingerprint density at radius 3 is 2.39 bits per heavy atom. The molecule has 23 heavy (non-hydrogen) atoms. The van der Waals surface area contributed by atoms with Crippen molar-refractivity contribution < 1.29 is 14.7 Å². The van der Waals surface area contributed by atoms with Crippen molar-refractivity contribution in [1.29, 1.82) is 0 Å². The molecule has 1 aromatic carbocycles. The lowest BCUT2D eigenvalue weighted by molar-refractivity contribution is -0.128. The summed E-state index contributed by atoms with van der Waals surface area (Å²) in [5.74, 6) is -0.0958. The maximum Gasteiger partial charge on any atom is 0.255 e. The summed E-state index contributed by atoms with van der Waals surface area (Å²) < 4.78 is 0. The van der Waals surface area contributed by atoms with Gasteiger partial charge in [0.05, 0.1) is 5.56 Å². The van der Waals surface area contributed by atoms with Gasteiger partial charge in [-0.1, -0.05) is 33.8 Å². The molecule has 5 nitrogen and oxygen atoms in total. The quantitative estimate of drug-likeness (QED) is 0.896. The predicted molar refractivity (Wildman–Crippen MR) is 89.8 cm³/mol. The molecule has 0 spiro atoms. The molecular formula is C18H26N2O3. The number of nitrogens with one attached hydrogen (secondary N) is 1. The average Bonchev–Trinajstić information content (AvgIpc) is 2.78. The molecule has 1 fully saturated rings. The zero-order chi connectivity index (χ0) is 17.3. The number of phenolic OH excluding ortho intramolecular Hbond substituents is 1. The topological polar surface area (TPSA) is 69.6 Å². The number of likely N-dealkylation sites (tertiary alicyclic amines) is 1. The Labute approximate surface area is 137 Å². The molecule has 2 amide bonds. The lowest BCUT2D eigenvalue weighted by Gasteiger charge is -2.18. The molecule has 1 heterocycles. The molecule has 2 rings (SSSR count). The van der Waals surface area contributed by atoms with Crippen molar-refractivity contribution in [2.45, 2.75) is 52.0 Å². The van der Waals surface area contributed by atoms with Gasteiger partial charge in [-0.25, -0.2) is 0 Å². The van der Waals surface area contributed by atoms with Gasteiger partial charge >= 0.3 is 0 Å². The molecule has 1 aromatic rings. The van der Waals surface area contributed by atoms with E-state index in [9.17, 15) is 14.7 Å². The summed E-state index contributed by atoms with van der Waals surface area (Å²) in [6.07, 6.45) is 0.600. The highest BCUT2D eigenvalue weighted by Gasteiger charge is 2.31. The third kappa shape index (κ3) is 3.49. The number of benzene rings is 1. The molecule has 1 saturated heterocycles. The van der Waals surface area contributed by atoms with Crippen LogP contribution in [0.3, 0.4) is 0 Å². The summed E-state index contributed by atoms with van der Waals surface area (Å²) in [7, 11) is 1.72. The van der Waals surface area contributed by atoms with Crippen LogP contribution < -0.4 is 5.32 Å². The maximum atomic E-state index is 12.6. The first-order chi connectivity index (χ1) is 10.7. The molecule has 0 radical (unpaired) electrons. The maximum absolute atomic E-state index is 12.6. The minimum Gasteiger partial charge on any atom is -0.507 e. The highest BCUT2D eigenvalue weighted by atomic mass is 16.3. The zero-order valence-corrected chi connectivity index (χ0v) is 14.5. The second-order valence-corrected chi connectivity index (χ2v) is 6.89. The van der Waals surface area contributed by atoms with Gasteiger partial charge in [0.1, 0.15) is 11.8 Å². The number of amides is 2. The summed E-state index contributed by atoms with van der Waals surface area (Å²) in [5.41, 5.74) is 2.02. The van der Waals surface area contributed by atoms with Crippen molar-refractivity contribution in [1.82, 2.24) is 10.2 Å². The molecule has 0 aromatic heterocycles. The van der Waals surface area contributed by atoms with Crippen LogP contribution in [0, 0.1) is 0 Å². The summed E-state index contributed by atoms with van der Waals surface area (Å²) >= 11 is 0. The van der Waals surface area contributed by atoms with Gasteiger partial charge in [-0.3, -0.25) is 9.59 Å². The highest BCUT2D eigenvalue weighted by Crippen LogP contribution is 2.33. The van der Waals surface area contributed by atoms with Crippen LogP contribution in [0.1, 0.15) is 67.4 Å². The zero-order valence-electron chi connectivity index (χ0n) is 14.5. The number of phenols is 1. The second kappa shape index (κ2) is 6.60. The van der Waals surface area contributed by atoms with Crippen molar-refractivity contribution >= 4 is 11.8 Å². The normalized spacial score (nSPS) is 18.1. The minimum absolute atomic E-state index is 0.0145. The Morgan fingerprint density at radius 2 is 1.91 bits per heavy atom. The van der Waals surface area contributed by atoms with Gasteiger partial charge in [0, 0.05) is 13.6 Å². The first-order valence-electron chi connectivity index (χ1n) is 8.15. The molecule has 1 atom stereocenters. The number of rotatable bonds is 4. The van der Waals surface area contributed by atoms with Crippen molar-refractivity contribution in [2.75, 3.05) is 13.6 Å². The smallest absolute Gasteiger partial charge is 0.255 e. The van der Waals surface area contributed by atoms with E-state index in [4.69, 9.17) is 0 Å². The van der Waals surface area contributed by atoms with Gasteiger partial charge in [0.25, 0.3) is 5.91 Å². The monoisotopic (exact) mass is 318 g/mol. The Morgan fingerprint density at radius 1 is 1.26 bits per heavy atom. The van der Waals surface area contributed by atoms with Crippen LogP contribution in [0.4, 0.5) is 0 Å². The van der Waals surface area contributed by atoms with Gasteiger partial charge in [-0.15, -0.1) is 0 Å². The van der Waals surface area contributed by atoms with Crippen molar-refractivity contribution in [2.24, 2.45) is 0 Å². The molecule has 2 N–H and O–H groups in total. The van der Waals surface area contributed by atoms with E-state index in [0.717, 1.165) is 11.1 Å². The third-order valence-electron chi connectivity index (χ3n) is 4.43. The fraction of sp³-hybridized carbons (Fsp3) is 0.556. The molecular weight excluding hydrogens is 292 g/mol. The SMILES string of the molecule is CC(C)c1cc(C(=O)N[C@@H]2CCN(C)C2=O)c(O)c(C(C)C)c1. The molecule has 0 aliphatic carbocycles. The number of hydrogen-bond acceptors (Lipinski definition) is 3. The minimum atomic E-state index is -0.503. The van der Waals surface area contributed by atoms with E-state index in [0.29, 0.717) is 13.0 Å². The van der Waals surface area contributed by atoms with Gasteiger partial charge < -0.3 is 15.3 Å². The summed E-state index contributed by atoms with van der Waals surface area (Å²) in [6, 6.07) is 3.18. The van der Waals surface area contributed by atoms with Gasteiger partial charge in [-0.05, 0) is 35.4 Å². The van der Waals surface area contributed by atoms with Crippen LogP contribution >= 0.6 is 0 Å². The third-order valence-corrected chi connectivity index (χ3v) is 4.43. The van der Waals surface area contributed by atoms with Gasteiger partial charge in [-0.2, -0.15) is 0 Å². The first-order valence-corrected chi connectivity index (χ1v) is 8.15. The number of carbonyl (C=O) groups excluding carboxylic acids is 2. The van der Waals surface area contributed by atoms with Crippen LogP contribution in [0.2, 0.25) is 0 Å². The van der Waals surface area contributed by atoms with Crippen LogP contribution in [0.25, 0.3) is 0 Å². The predicted octanol–water partition coefficient (Wildman–Crippen LogP) is 2.60. The van der Waals surface area contributed by atoms with Gasteiger partial charge in [0.15, 0.2) is 0 Å². The van der Waals surface area contributed by atoms with E-state index < -0.39 is 6.04 Å². The van der Waals surface area contributed by atoms with E-state index >= 15 is 0 Å². The number of likely N-dealkylation sites (N-methyl/N-ethyl adjacent to an activating group) is 1. The number of hydrogen-bond donors (Lipinski definition) is 2. The standard InChI is InChI=1S/C18H26N2O3/c1-10(2)12-8-13(11(3)4)16(21)14(9-12)17(22)19-15-6-7-20(5)18(15)23/h8-11,15,21H,6-7H2,1-5H3,(H,19,22)/t15-/m1/s1. The number of aromatic hydroxyl groups is 1. The average molecular weight is 318 g/mol. The van der Waals surface area contributed by atoms with Crippen LogP contribution in [-0.2, 0) is 4.79 Å². The molecule has 0 saturated carbocycles. The van der Waals surface area contributed by atoms with Crippen LogP contribution in [-0.4, -0.2) is 41.5 Å². The summed E-state index contributed by atoms with van der Waals surface area (Å²) in [6.45, 7) is 8.70. The van der Waals surface area contributed by atoms with Crippen LogP contribution in [0.5, 0.6) is 5.75 Å². The Bertz CT molecular complexity index is 623. The number of nitrogens with zero attached hydrogens (tertiary/aromatic N) is 1. The lowest BCUT2D eigenvalue weighted by Crippen LogP contribution is -2.40. The van der Waals surface area contributed by atoms with Crippen molar-refractivity contribution in [3.63, 3.8) is 0 Å². The molecule has 1 aliphatic heterocycles. The fourth-order valence-electron chi connectivity index (χ4n) is 2.82. The molecule has 1 aliphatic rings. The Kier molecular flexibility index (Phi) is 4.97. The Hall–Kier alpha value is -2.04. The fourth-order valence-corrected chi connectivity index (χ4v) is 2.82. The molecule has 126 valence electrons. The van der Waals surface area contributed by atoms with Crippen LogP contribution in [0.15, 0.2) is 12.1 Å². The number of carbonyl (C=O) groups is 2. The van der Waals surface area contributed by atoms with E-state index in [1.165, 1.54) is 0 Å². The van der Waals surface area contributed by atoms with E-state index in [2.05, 4.69) is 5.32 Å². The van der Waals surface area contributed by atoms with E-state index in [1.54, 1.807) is 18.0 Å². The molecule has 0 bridgehead atoms. The van der Waals surface area contributed by atoms with Crippen molar-refractivity contribution in [3.8, 4) is 5.75 Å². The molecule has 5 heteroatoms. The highest BCUT2D eigenvalue weighted by molar-refractivity contribution is 6.00. The summed E-state index contributed by atoms with van der Waals surface area (Å²) in [5, 5.41) is 13.2. The van der Waals surface area contributed by atoms with E-state index in [1.807, 2.05) is 33.8 Å². The summed E-state index contributed by atoms with van der Waals surface area (Å²) in [4.78, 5) is 26.1. The van der Waals surface area contributed by atoms with E-state index in [-0.39, 0.29) is 35.0 Å². The largest absolute Gasteiger partial charge is 0.507 e. The first kappa shape index (κ1) is 17.3. The Balaban J connectivity index is 2.34. The lowest BCUT2D eigenvalue weighted by atomic mass is 9.91.